The molecular formula is C74H107ClN6O12S. The first-order valence-corrected chi connectivity index (χ1v) is 36.5. The summed E-state index contributed by atoms with van der Waals surface area (Å²) in [5.74, 6) is 3.03. The number of aliphatic hydroxyl groups is 2. The number of aliphatic hydroxyl groups excluding tert-OH is 1. The third kappa shape index (κ3) is 19.7. The van der Waals surface area contributed by atoms with E-state index in [1.807, 2.05) is 60.6 Å². The summed E-state index contributed by atoms with van der Waals surface area (Å²) >= 11 is 8.35. The van der Waals surface area contributed by atoms with Crippen LogP contribution in [-0.4, -0.2) is 178 Å². The Morgan fingerprint density at radius 1 is 0.734 bits per heavy atom. The van der Waals surface area contributed by atoms with Gasteiger partial charge in [-0.2, -0.15) is 0 Å². The second-order valence-corrected chi connectivity index (χ2v) is 29.0. The number of benzene rings is 2. The van der Waals surface area contributed by atoms with Gasteiger partial charge in [-0.25, -0.2) is 9.67 Å². The fourth-order valence-electron chi connectivity index (χ4n) is 16.4. The number of allylic oxidation sites excluding steroid dienone is 1. The van der Waals surface area contributed by atoms with E-state index >= 15 is 0 Å². The minimum absolute atomic E-state index is 0.0114. The maximum absolute atomic E-state index is 14.4. The molecular weight excluding hydrogens is 1230 g/mol. The highest BCUT2D eigenvalue weighted by atomic mass is 35.5. The van der Waals surface area contributed by atoms with Crippen molar-refractivity contribution < 1.29 is 57.6 Å². The topological polar surface area (TPSA) is 199 Å². The molecule has 4 saturated carbocycles. The van der Waals surface area contributed by atoms with Gasteiger partial charge < -0.3 is 63.1 Å². The van der Waals surface area contributed by atoms with Gasteiger partial charge in [0.15, 0.2) is 0 Å². The molecule has 3 heterocycles. The molecule has 0 radical (unpaired) electrons. The van der Waals surface area contributed by atoms with Gasteiger partial charge in [0, 0.05) is 47.6 Å². The molecule has 1 unspecified atom stereocenters. The van der Waals surface area contributed by atoms with E-state index in [0.29, 0.717) is 152 Å². The van der Waals surface area contributed by atoms with Crippen molar-refractivity contribution in [2.75, 3.05) is 113 Å². The average molecular weight is 1340 g/mol. The molecule has 8 atom stereocenters. The second kappa shape index (κ2) is 36.4. The standard InChI is InChI=1S/C74H107ClN6O12S/c1-72-28-24-61(82)50-57(72)16-21-62-64-22-23-67(73(64,2)29-25-65(62)72)74(3,84)27-9-5-6-10-32-85-34-36-87-38-39-89-40-41-90-44-45-92-53-59-52-80(79-78-59)31-33-86-35-37-88-42-43-91-46-47-93-68-49-56(26-30-77-68)55-13-11-12-54(48-55)51-81(60-19-17-58(76-4)18-20-60)71(83)70-69(75)63-14-7-8-15-66(63)94-70/h7-8,11-16,26,30,48-49,52,58,60-62,64-65,67,76,82,84H,5-6,9-10,17-25,27-29,31-47,50-51,53H2,1-4H3/t58?,60?,61-,62-,64-,65-,67?,72-,73-,74-/m0/s1. The zero-order valence-corrected chi connectivity index (χ0v) is 58.1. The molecule has 10 rings (SSSR count). The summed E-state index contributed by atoms with van der Waals surface area (Å²) in [5, 5.41) is 35.6. The maximum Gasteiger partial charge on any atom is 0.266 e. The lowest BCUT2D eigenvalue weighted by atomic mass is 9.46. The summed E-state index contributed by atoms with van der Waals surface area (Å²) < 4.78 is 54.5. The molecule has 5 aliphatic carbocycles. The summed E-state index contributed by atoms with van der Waals surface area (Å²) in [6, 6.07) is 20.8. The predicted octanol–water partition coefficient (Wildman–Crippen LogP) is 12.7. The van der Waals surface area contributed by atoms with Crippen LogP contribution in [-0.2, 0) is 57.6 Å². The highest BCUT2D eigenvalue weighted by Gasteiger charge is 2.61. The van der Waals surface area contributed by atoms with E-state index in [2.05, 4.69) is 65.7 Å². The number of aromatic nitrogens is 4. The van der Waals surface area contributed by atoms with E-state index in [1.54, 1.807) is 10.9 Å². The van der Waals surface area contributed by atoms with E-state index in [-0.39, 0.29) is 28.9 Å². The smallest absolute Gasteiger partial charge is 0.266 e. The van der Waals surface area contributed by atoms with Gasteiger partial charge in [-0.1, -0.05) is 98.0 Å². The monoisotopic (exact) mass is 1340 g/mol. The highest BCUT2D eigenvalue weighted by molar-refractivity contribution is 7.21. The Bertz CT molecular complexity index is 3120. The van der Waals surface area contributed by atoms with E-state index in [4.69, 9.17) is 54.2 Å². The molecule has 2 aromatic carbocycles. The molecule has 3 aromatic heterocycles. The summed E-state index contributed by atoms with van der Waals surface area (Å²) in [4.78, 5) is 21.5. The van der Waals surface area contributed by atoms with Crippen LogP contribution in [0.3, 0.4) is 0 Å². The van der Waals surface area contributed by atoms with Crippen LogP contribution in [0.5, 0.6) is 5.88 Å². The van der Waals surface area contributed by atoms with Gasteiger partial charge in [0.2, 0.25) is 5.88 Å². The Kier molecular flexibility index (Phi) is 28.0. The molecule has 0 saturated heterocycles. The van der Waals surface area contributed by atoms with E-state index in [9.17, 15) is 15.0 Å². The first-order chi connectivity index (χ1) is 45.8. The molecule has 5 aromatic rings. The molecule has 3 N–H and O–H groups in total. The number of hydrogen-bond donors (Lipinski definition) is 3. The van der Waals surface area contributed by atoms with Crippen molar-refractivity contribution >= 4 is 38.9 Å². The molecule has 4 fully saturated rings. The summed E-state index contributed by atoms with van der Waals surface area (Å²) in [5.41, 5.74) is 5.18. The Hall–Kier alpha value is -4.45. The van der Waals surface area contributed by atoms with Gasteiger partial charge in [0.25, 0.3) is 5.91 Å². The predicted molar refractivity (Wildman–Crippen MR) is 367 cm³/mol. The number of carbonyl (C=O) groups excluding carboxylic acids is 1. The third-order valence-electron chi connectivity index (χ3n) is 21.4. The van der Waals surface area contributed by atoms with Crippen LogP contribution in [0.2, 0.25) is 5.02 Å². The largest absolute Gasteiger partial charge is 0.475 e. The van der Waals surface area contributed by atoms with Gasteiger partial charge in [0.05, 0.1) is 129 Å². The fourth-order valence-corrected chi connectivity index (χ4v) is 17.9. The number of pyridine rings is 1. The second-order valence-electron chi connectivity index (χ2n) is 27.6. The Labute approximate surface area is 567 Å². The first-order valence-electron chi connectivity index (χ1n) is 35.3. The number of unbranched alkanes of at least 4 members (excludes halogenated alkanes) is 3. The number of thiophene rings is 1. The summed E-state index contributed by atoms with van der Waals surface area (Å²) in [6.45, 7) is 16.3. The van der Waals surface area contributed by atoms with Gasteiger partial charge in [-0.05, 0) is 173 Å². The zero-order chi connectivity index (χ0) is 65.6. The molecule has 0 spiro atoms. The van der Waals surface area contributed by atoms with Crippen molar-refractivity contribution in [3.05, 3.63) is 106 Å². The van der Waals surface area contributed by atoms with Crippen molar-refractivity contribution in [2.24, 2.45) is 34.5 Å². The van der Waals surface area contributed by atoms with Gasteiger partial charge in [-0.15, -0.1) is 16.4 Å². The van der Waals surface area contributed by atoms with Crippen LogP contribution in [0.15, 0.2) is 84.7 Å². The number of amides is 1. The van der Waals surface area contributed by atoms with E-state index < -0.39 is 5.60 Å². The fraction of sp³-hybridized carbons (Fsp3) is 0.676. The van der Waals surface area contributed by atoms with Crippen molar-refractivity contribution in [3.63, 3.8) is 0 Å². The SMILES string of the molecule is CNC1CCC(N(Cc2cccc(-c3ccnc(OCCOCCOCCOCCn4cc(COCCOCCOCCOCCOCCCCCC[C@](C)(O)C5CC[C@H]6[C@@H]7CC=C8C[C@@H](O)CC[C@]8(C)[C@H]7CC[C@]56C)nn4)c3)c2)C(=O)c2sc3ccccc3c2Cl)CC1. The van der Waals surface area contributed by atoms with Crippen molar-refractivity contribution in [1.82, 2.24) is 30.2 Å². The lowest BCUT2D eigenvalue weighted by molar-refractivity contribution is -0.105. The molecule has 1 amide bonds. The molecule has 20 heteroatoms. The minimum Gasteiger partial charge on any atom is -0.475 e. The van der Waals surface area contributed by atoms with E-state index in [1.165, 1.54) is 42.6 Å². The van der Waals surface area contributed by atoms with Crippen molar-refractivity contribution in [3.8, 4) is 17.0 Å². The number of rotatable bonds is 41. The normalized spacial score (nSPS) is 25.0. The van der Waals surface area contributed by atoms with Gasteiger partial charge in [0.1, 0.15) is 17.2 Å². The van der Waals surface area contributed by atoms with Crippen LogP contribution in [0.25, 0.3) is 21.2 Å². The maximum atomic E-state index is 14.4. The molecule has 94 heavy (non-hydrogen) atoms. The number of nitrogens with one attached hydrogen (secondary N) is 1. The summed E-state index contributed by atoms with van der Waals surface area (Å²) in [7, 11) is 2.02. The highest BCUT2D eigenvalue weighted by Crippen LogP contribution is 2.68. The third-order valence-corrected chi connectivity index (χ3v) is 23.1. The minimum atomic E-state index is -0.618. The quantitative estimate of drug-likeness (QED) is 0.0246. The van der Waals surface area contributed by atoms with Crippen LogP contribution in [0.1, 0.15) is 151 Å². The zero-order valence-electron chi connectivity index (χ0n) is 56.5. The molecule has 0 bridgehead atoms. The number of ether oxygens (including phenoxy) is 9. The van der Waals surface area contributed by atoms with Crippen LogP contribution < -0.4 is 10.1 Å². The number of halogens is 1. The lowest BCUT2D eigenvalue weighted by Crippen LogP contribution is -2.53. The average Bonchev–Trinajstić information content (AvgIpc) is 1.41. The Morgan fingerprint density at radius 3 is 2.13 bits per heavy atom. The Balaban J connectivity index is 0.482. The lowest BCUT2D eigenvalue weighted by Gasteiger charge is -2.59. The van der Waals surface area contributed by atoms with Crippen molar-refractivity contribution in [2.45, 2.75) is 173 Å². The van der Waals surface area contributed by atoms with Gasteiger partial charge in [-0.3, -0.25) is 4.79 Å². The van der Waals surface area contributed by atoms with Crippen LogP contribution in [0.4, 0.5) is 0 Å². The van der Waals surface area contributed by atoms with Crippen molar-refractivity contribution in [1.29, 1.82) is 0 Å². The number of nitrogens with zero attached hydrogens (tertiary/aromatic N) is 5. The first kappa shape index (κ1) is 72.3. The molecule has 5 aliphatic rings. The Morgan fingerprint density at radius 2 is 1.40 bits per heavy atom. The van der Waals surface area contributed by atoms with E-state index in [0.717, 1.165) is 134 Å². The number of fused-ring (bicyclic) bond motifs is 6. The number of hydrogen-bond acceptors (Lipinski definition) is 17. The van der Waals surface area contributed by atoms with Crippen LogP contribution >= 0.6 is 22.9 Å². The molecule has 0 aliphatic heterocycles. The molecule has 18 nitrogen and oxygen atoms in total. The number of carbonyl (C=O) groups is 1. The van der Waals surface area contributed by atoms with Crippen LogP contribution in [0, 0.1) is 34.5 Å². The van der Waals surface area contributed by atoms with Gasteiger partial charge >= 0.3 is 0 Å². The molecule has 518 valence electrons. The summed E-state index contributed by atoms with van der Waals surface area (Å²) in [6.07, 6.45) is 24.1.